The Balaban J connectivity index is 1.65. The molecule has 0 aliphatic carbocycles. The van der Waals surface area contributed by atoms with E-state index in [4.69, 9.17) is 4.74 Å². The summed E-state index contributed by atoms with van der Waals surface area (Å²) in [5.74, 6) is 0.428. The van der Waals surface area contributed by atoms with Crippen molar-refractivity contribution < 1.29 is 22.7 Å². The quantitative estimate of drug-likeness (QED) is 0.740. The van der Waals surface area contributed by atoms with Crippen LogP contribution < -0.4 is 19.3 Å². The Hall–Kier alpha value is -3.07. The van der Waals surface area contributed by atoms with Gasteiger partial charge in [0.05, 0.1) is 23.4 Å². The van der Waals surface area contributed by atoms with Gasteiger partial charge in [0.25, 0.3) is 10.0 Å². The van der Waals surface area contributed by atoms with E-state index in [0.29, 0.717) is 48.7 Å². The lowest BCUT2D eigenvalue weighted by Gasteiger charge is -2.21. The number of ether oxygens (including phenoxy) is 1. The minimum atomic E-state index is -3.92. The molecule has 31 heavy (non-hydrogen) atoms. The Morgan fingerprint density at radius 1 is 0.903 bits per heavy atom. The highest BCUT2D eigenvalue weighted by atomic mass is 32.2. The van der Waals surface area contributed by atoms with Crippen LogP contribution in [0.25, 0.3) is 0 Å². The van der Waals surface area contributed by atoms with E-state index in [1.54, 1.807) is 34.1 Å². The van der Waals surface area contributed by atoms with Gasteiger partial charge in [-0.15, -0.1) is 0 Å². The molecule has 0 atom stereocenters. The third-order valence-electron chi connectivity index (χ3n) is 5.65. The van der Waals surface area contributed by atoms with Crippen LogP contribution in [0, 0.1) is 6.92 Å². The molecule has 4 rings (SSSR count). The number of anilines is 3. The highest BCUT2D eigenvalue weighted by molar-refractivity contribution is 7.92. The summed E-state index contributed by atoms with van der Waals surface area (Å²) in [5, 5.41) is 0. The summed E-state index contributed by atoms with van der Waals surface area (Å²) in [7, 11) is -2.44. The molecule has 8 nitrogen and oxygen atoms in total. The SMILES string of the molecule is COc1ccc(S(=O)(=O)Nc2ccc(C)c(N3CCCC3=O)c2)cc1N1CCCC1=O. The van der Waals surface area contributed by atoms with Gasteiger partial charge in [-0.2, -0.15) is 0 Å². The van der Waals surface area contributed by atoms with E-state index in [9.17, 15) is 18.0 Å². The number of hydrogen-bond donors (Lipinski definition) is 1. The molecule has 2 fully saturated rings. The fourth-order valence-corrected chi connectivity index (χ4v) is 5.10. The third-order valence-corrected chi connectivity index (χ3v) is 7.03. The molecule has 2 amide bonds. The predicted octanol–water partition coefficient (Wildman–Crippen LogP) is 3.06. The molecule has 2 aromatic rings. The third kappa shape index (κ3) is 4.10. The zero-order valence-electron chi connectivity index (χ0n) is 17.6. The van der Waals surface area contributed by atoms with Crippen LogP contribution in [0.3, 0.4) is 0 Å². The summed E-state index contributed by atoms with van der Waals surface area (Å²) in [4.78, 5) is 27.6. The number of aryl methyl sites for hydroxylation is 1. The van der Waals surface area contributed by atoms with E-state index < -0.39 is 10.0 Å². The molecule has 2 aliphatic heterocycles. The summed E-state index contributed by atoms with van der Waals surface area (Å²) < 4.78 is 34.1. The van der Waals surface area contributed by atoms with Gasteiger partial charge >= 0.3 is 0 Å². The first-order valence-electron chi connectivity index (χ1n) is 10.2. The van der Waals surface area contributed by atoms with E-state index in [1.165, 1.54) is 19.2 Å². The fourth-order valence-electron chi connectivity index (χ4n) is 4.03. The van der Waals surface area contributed by atoms with Gasteiger partial charge in [-0.25, -0.2) is 8.42 Å². The normalized spacial score (nSPS) is 16.8. The van der Waals surface area contributed by atoms with Gasteiger partial charge in [0.2, 0.25) is 11.8 Å². The molecule has 0 saturated carbocycles. The molecule has 1 N–H and O–H groups in total. The second kappa shape index (κ2) is 8.22. The number of sulfonamides is 1. The fraction of sp³-hybridized carbons (Fsp3) is 0.364. The lowest BCUT2D eigenvalue weighted by Crippen LogP contribution is -2.25. The van der Waals surface area contributed by atoms with Crippen LogP contribution in [0.4, 0.5) is 17.1 Å². The number of benzene rings is 2. The maximum absolute atomic E-state index is 13.1. The van der Waals surface area contributed by atoms with Crippen molar-refractivity contribution in [2.45, 2.75) is 37.5 Å². The number of amides is 2. The lowest BCUT2D eigenvalue weighted by molar-refractivity contribution is -0.117. The second-order valence-electron chi connectivity index (χ2n) is 7.74. The van der Waals surface area contributed by atoms with Crippen LogP contribution in [0.2, 0.25) is 0 Å². The molecule has 2 saturated heterocycles. The standard InChI is InChI=1S/C22H25N3O5S/c1-15-7-8-16(13-18(15)24-11-3-5-21(24)26)23-31(28,29)17-9-10-20(30-2)19(14-17)25-12-4-6-22(25)27/h7-10,13-14,23H,3-6,11-12H2,1-2H3. The Bertz CT molecular complexity index is 1150. The minimum Gasteiger partial charge on any atom is -0.495 e. The van der Waals surface area contributed by atoms with Crippen LogP contribution in [-0.4, -0.2) is 40.4 Å². The first kappa shape index (κ1) is 21.2. The van der Waals surface area contributed by atoms with Gasteiger partial charge in [-0.05, 0) is 55.7 Å². The zero-order chi connectivity index (χ0) is 22.2. The number of rotatable bonds is 6. The molecule has 9 heteroatoms. The van der Waals surface area contributed by atoms with Gasteiger partial charge in [-0.3, -0.25) is 14.3 Å². The van der Waals surface area contributed by atoms with E-state index in [1.807, 2.05) is 6.92 Å². The number of carbonyl (C=O) groups is 2. The summed E-state index contributed by atoms with van der Waals surface area (Å²) in [6.45, 7) is 3.04. The molecule has 164 valence electrons. The molecule has 2 aliphatic rings. The maximum Gasteiger partial charge on any atom is 0.261 e. The van der Waals surface area contributed by atoms with Crippen molar-refractivity contribution in [1.29, 1.82) is 0 Å². The number of methoxy groups -OCH3 is 1. The van der Waals surface area contributed by atoms with Crippen molar-refractivity contribution in [3.8, 4) is 5.75 Å². The molecule has 0 radical (unpaired) electrons. The minimum absolute atomic E-state index is 0.0300. The number of nitrogens with one attached hydrogen (secondary N) is 1. The molecule has 0 bridgehead atoms. The maximum atomic E-state index is 13.1. The molecule has 0 spiro atoms. The average Bonchev–Trinajstić information content (AvgIpc) is 3.36. The lowest BCUT2D eigenvalue weighted by atomic mass is 10.1. The average molecular weight is 444 g/mol. The van der Waals surface area contributed by atoms with E-state index in [0.717, 1.165) is 18.4 Å². The molecule has 2 heterocycles. The van der Waals surface area contributed by atoms with Gasteiger partial charge in [-0.1, -0.05) is 6.07 Å². The van der Waals surface area contributed by atoms with E-state index >= 15 is 0 Å². The van der Waals surface area contributed by atoms with Crippen molar-refractivity contribution >= 4 is 38.9 Å². The van der Waals surface area contributed by atoms with Crippen molar-refractivity contribution in [3.05, 3.63) is 42.0 Å². The van der Waals surface area contributed by atoms with Gasteiger partial charge < -0.3 is 14.5 Å². The Labute approximate surface area is 181 Å². The van der Waals surface area contributed by atoms with Crippen LogP contribution >= 0.6 is 0 Å². The number of carbonyl (C=O) groups excluding carboxylic acids is 2. The van der Waals surface area contributed by atoms with Crippen molar-refractivity contribution in [2.75, 3.05) is 34.7 Å². The van der Waals surface area contributed by atoms with E-state index in [-0.39, 0.29) is 16.7 Å². The molecule has 0 unspecified atom stereocenters. The largest absolute Gasteiger partial charge is 0.495 e. The molecule has 0 aromatic heterocycles. The molecular weight excluding hydrogens is 418 g/mol. The van der Waals surface area contributed by atoms with Crippen LogP contribution in [0.15, 0.2) is 41.3 Å². The topological polar surface area (TPSA) is 96.0 Å². The van der Waals surface area contributed by atoms with Crippen LogP contribution in [0.5, 0.6) is 5.75 Å². The highest BCUT2D eigenvalue weighted by Gasteiger charge is 2.27. The van der Waals surface area contributed by atoms with Crippen molar-refractivity contribution in [2.24, 2.45) is 0 Å². The second-order valence-corrected chi connectivity index (χ2v) is 9.42. The first-order valence-corrected chi connectivity index (χ1v) is 11.7. The molecular formula is C22H25N3O5S. The predicted molar refractivity (Wildman–Crippen MR) is 118 cm³/mol. The summed E-state index contributed by atoms with van der Waals surface area (Å²) in [6.07, 6.45) is 2.44. The smallest absolute Gasteiger partial charge is 0.261 e. The van der Waals surface area contributed by atoms with Crippen molar-refractivity contribution in [1.82, 2.24) is 0 Å². The summed E-state index contributed by atoms with van der Waals surface area (Å²) in [5.41, 5.74) is 2.42. The number of nitrogens with zero attached hydrogens (tertiary/aromatic N) is 2. The number of hydrogen-bond acceptors (Lipinski definition) is 5. The van der Waals surface area contributed by atoms with Crippen molar-refractivity contribution in [3.63, 3.8) is 0 Å². The summed E-state index contributed by atoms with van der Waals surface area (Å²) in [6, 6.07) is 9.61. The Morgan fingerprint density at radius 2 is 1.55 bits per heavy atom. The Kier molecular flexibility index (Phi) is 5.62. The summed E-state index contributed by atoms with van der Waals surface area (Å²) >= 11 is 0. The highest BCUT2D eigenvalue weighted by Crippen LogP contribution is 2.35. The van der Waals surface area contributed by atoms with Crippen LogP contribution in [0.1, 0.15) is 31.2 Å². The van der Waals surface area contributed by atoms with Gasteiger partial charge in [0.1, 0.15) is 5.75 Å². The van der Waals surface area contributed by atoms with E-state index in [2.05, 4.69) is 4.72 Å². The van der Waals surface area contributed by atoms with Crippen LogP contribution in [-0.2, 0) is 19.6 Å². The van der Waals surface area contributed by atoms with Gasteiger partial charge in [0.15, 0.2) is 0 Å². The van der Waals surface area contributed by atoms with Gasteiger partial charge in [0, 0.05) is 31.6 Å². The zero-order valence-corrected chi connectivity index (χ0v) is 18.4. The molecule has 2 aromatic carbocycles. The first-order chi connectivity index (χ1) is 14.8. The monoisotopic (exact) mass is 443 g/mol. The Morgan fingerprint density at radius 3 is 2.13 bits per heavy atom.